The maximum Gasteiger partial charge on any atom is 0.270 e. The molecule has 0 aliphatic carbocycles. The first kappa shape index (κ1) is 18.3. The molecule has 142 valence electrons. The lowest BCUT2D eigenvalue weighted by atomic mass is 10.1. The van der Waals surface area contributed by atoms with Crippen LogP contribution in [0.4, 0.5) is 0 Å². The highest BCUT2D eigenvalue weighted by Gasteiger charge is 2.31. The predicted molar refractivity (Wildman–Crippen MR) is 111 cm³/mol. The predicted octanol–water partition coefficient (Wildman–Crippen LogP) is 3.70. The summed E-state index contributed by atoms with van der Waals surface area (Å²) in [7, 11) is 0. The fourth-order valence-corrected chi connectivity index (χ4v) is 5.46. The molecule has 0 radical (unpaired) electrons. The normalized spacial score (nSPS) is 17.6. The second-order valence-corrected chi connectivity index (χ2v) is 8.83. The second-order valence-electron chi connectivity index (χ2n) is 6.90. The van der Waals surface area contributed by atoms with E-state index >= 15 is 0 Å². The third-order valence-corrected chi connectivity index (χ3v) is 7.01. The number of amides is 2. The average Bonchev–Trinajstić information content (AvgIpc) is 3.37. The van der Waals surface area contributed by atoms with Crippen molar-refractivity contribution >= 4 is 44.7 Å². The van der Waals surface area contributed by atoms with E-state index in [1.54, 1.807) is 22.7 Å². The van der Waals surface area contributed by atoms with Gasteiger partial charge in [0.2, 0.25) is 5.91 Å². The van der Waals surface area contributed by atoms with Crippen LogP contribution in [0, 0.1) is 0 Å². The van der Waals surface area contributed by atoms with Crippen LogP contribution in [0.5, 0.6) is 0 Å². The van der Waals surface area contributed by atoms with E-state index in [0.29, 0.717) is 26.1 Å². The van der Waals surface area contributed by atoms with Crippen molar-refractivity contribution in [2.45, 2.75) is 32.9 Å². The average molecular weight is 402 g/mol. The lowest BCUT2D eigenvalue weighted by Gasteiger charge is -2.40. The van der Waals surface area contributed by atoms with Gasteiger partial charge in [-0.3, -0.25) is 9.59 Å². The summed E-state index contributed by atoms with van der Waals surface area (Å²) in [5, 5.41) is 5.18. The van der Waals surface area contributed by atoms with Gasteiger partial charge < -0.3 is 14.4 Å². The van der Waals surface area contributed by atoms with Crippen LogP contribution < -0.4 is 0 Å². The molecule has 5 nitrogen and oxygen atoms in total. The Balaban J connectivity index is 1.46. The van der Waals surface area contributed by atoms with E-state index in [9.17, 15) is 9.59 Å². The summed E-state index contributed by atoms with van der Waals surface area (Å²) < 4.78 is 2.10. The standard InChI is InChI=1S/C20H23N3O2S2/c1-3-22-17(11-15-6-10-27-20(15)22)19(25)21-7-8-23(14(2)13-21)18(24)12-16-5-4-9-26-16/h4-6,9-11,14H,3,7-8,12-13H2,1-2H3/t14-/m0/s1. The van der Waals surface area contributed by atoms with E-state index in [0.717, 1.165) is 27.3 Å². The SMILES string of the molecule is CCn1c(C(=O)N2CCN(C(=O)Cc3cccs3)[C@@H](C)C2)cc2ccsc21. The summed E-state index contributed by atoms with van der Waals surface area (Å²) in [6.07, 6.45) is 0.449. The van der Waals surface area contributed by atoms with Gasteiger partial charge in [0, 0.05) is 42.5 Å². The van der Waals surface area contributed by atoms with E-state index in [-0.39, 0.29) is 17.9 Å². The first-order valence-electron chi connectivity index (χ1n) is 9.26. The molecule has 0 N–H and O–H groups in total. The van der Waals surface area contributed by atoms with Gasteiger partial charge >= 0.3 is 0 Å². The zero-order chi connectivity index (χ0) is 19.0. The molecule has 1 aliphatic heterocycles. The molecule has 1 saturated heterocycles. The van der Waals surface area contributed by atoms with Crippen molar-refractivity contribution in [1.29, 1.82) is 0 Å². The van der Waals surface area contributed by atoms with Gasteiger partial charge in [-0.1, -0.05) is 6.07 Å². The number of fused-ring (bicyclic) bond motifs is 1. The maximum absolute atomic E-state index is 13.1. The van der Waals surface area contributed by atoms with Crippen LogP contribution in [-0.2, 0) is 17.8 Å². The number of carbonyl (C=O) groups is 2. The highest BCUT2D eigenvalue weighted by atomic mass is 32.1. The number of aryl methyl sites for hydroxylation is 1. The van der Waals surface area contributed by atoms with Crippen molar-refractivity contribution in [2.75, 3.05) is 19.6 Å². The Labute approximate surface area is 166 Å². The molecule has 2 amide bonds. The van der Waals surface area contributed by atoms with Crippen molar-refractivity contribution in [3.63, 3.8) is 0 Å². The van der Waals surface area contributed by atoms with Gasteiger partial charge in [0.15, 0.2) is 0 Å². The Hall–Kier alpha value is -2.12. The first-order chi connectivity index (χ1) is 13.1. The molecule has 3 aromatic rings. The minimum absolute atomic E-state index is 0.0290. The summed E-state index contributed by atoms with van der Waals surface area (Å²) in [5.74, 6) is 0.215. The summed E-state index contributed by atoms with van der Waals surface area (Å²) in [6, 6.07) is 8.06. The summed E-state index contributed by atoms with van der Waals surface area (Å²) in [6.45, 7) is 6.64. The van der Waals surface area contributed by atoms with E-state index in [1.165, 1.54) is 0 Å². The molecule has 27 heavy (non-hydrogen) atoms. The van der Waals surface area contributed by atoms with Gasteiger partial charge in [0.1, 0.15) is 10.5 Å². The number of rotatable bonds is 4. The maximum atomic E-state index is 13.1. The number of nitrogens with zero attached hydrogens (tertiary/aromatic N) is 3. The van der Waals surface area contributed by atoms with Crippen LogP contribution in [0.3, 0.4) is 0 Å². The first-order valence-corrected chi connectivity index (χ1v) is 11.0. The minimum Gasteiger partial charge on any atom is -0.336 e. The number of hydrogen-bond acceptors (Lipinski definition) is 4. The quantitative estimate of drug-likeness (QED) is 0.669. The van der Waals surface area contributed by atoms with Crippen LogP contribution in [0.15, 0.2) is 35.0 Å². The van der Waals surface area contributed by atoms with Gasteiger partial charge in [-0.05, 0) is 42.8 Å². The molecule has 4 heterocycles. The van der Waals surface area contributed by atoms with Gasteiger partial charge in [-0.2, -0.15) is 0 Å². The fourth-order valence-electron chi connectivity index (χ4n) is 3.80. The zero-order valence-electron chi connectivity index (χ0n) is 15.6. The topological polar surface area (TPSA) is 45.6 Å². The van der Waals surface area contributed by atoms with Gasteiger partial charge in [-0.15, -0.1) is 22.7 Å². The largest absolute Gasteiger partial charge is 0.336 e. The Kier molecular flexibility index (Phi) is 5.06. The molecule has 0 unspecified atom stereocenters. The van der Waals surface area contributed by atoms with Crippen molar-refractivity contribution in [3.8, 4) is 0 Å². The minimum atomic E-state index is 0.0290. The second kappa shape index (κ2) is 7.48. The van der Waals surface area contributed by atoms with E-state index in [1.807, 2.05) is 40.3 Å². The van der Waals surface area contributed by atoms with Crippen LogP contribution in [0.25, 0.3) is 10.2 Å². The van der Waals surface area contributed by atoms with Crippen LogP contribution in [0.2, 0.25) is 0 Å². The number of hydrogen-bond donors (Lipinski definition) is 0. The Morgan fingerprint density at radius 1 is 1.19 bits per heavy atom. The smallest absolute Gasteiger partial charge is 0.270 e. The van der Waals surface area contributed by atoms with Crippen molar-refractivity contribution in [3.05, 3.63) is 45.6 Å². The molecule has 1 fully saturated rings. The van der Waals surface area contributed by atoms with Crippen molar-refractivity contribution < 1.29 is 9.59 Å². The molecule has 3 aromatic heterocycles. The van der Waals surface area contributed by atoms with Crippen LogP contribution >= 0.6 is 22.7 Å². The summed E-state index contributed by atoms with van der Waals surface area (Å²) in [5.41, 5.74) is 0.755. The number of thiophene rings is 2. The zero-order valence-corrected chi connectivity index (χ0v) is 17.2. The molecular weight excluding hydrogens is 378 g/mol. The lowest BCUT2D eigenvalue weighted by molar-refractivity contribution is -0.134. The molecule has 0 aromatic carbocycles. The number of piperazine rings is 1. The van der Waals surface area contributed by atoms with E-state index in [4.69, 9.17) is 0 Å². The molecule has 7 heteroatoms. The molecule has 0 spiro atoms. The third-order valence-electron chi connectivity index (χ3n) is 5.18. The fraction of sp³-hybridized carbons (Fsp3) is 0.400. The molecule has 4 rings (SSSR count). The van der Waals surface area contributed by atoms with Crippen molar-refractivity contribution in [2.24, 2.45) is 0 Å². The Morgan fingerprint density at radius 2 is 2.04 bits per heavy atom. The van der Waals surface area contributed by atoms with Gasteiger partial charge in [0.25, 0.3) is 5.91 Å². The van der Waals surface area contributed by atoms with Crippen LogP contribution in [-0.4, -0.2) is 51.9 Å². The number of aromatic nitrogens is 1. The van der Waals surface area contributed by atoms with Gasteiger partial charge in [-0.25, -0.2) is 0 Å². The summed E-state index contributed by atoms with van der Waals surface area (Å²) in [4.78, 5) is 31.8. The molecule has 0 bridgehead atoms. The third kappa shape index (κ3) is 3.41. The molecule has 1 aliphatic rings. The Morgan fingerprint density at radius 3 is 2.74 bits per heavy atom. The van der Waals surface area contributed by atoms with Crippen LogP contribution in [0.1, 0.15) is 29.2 Å². The van der Waals surface area contributed by atoms with E-state index in [2.05, 4.69) is 22.9 Å². The molecular formula is C20H23N3O2S2. The van der Waals surface area contributed by atoms with Gasteiger partial charge in [0.05, 0.1) is 6.42 Å². The highest BCUT2D eigenvalue weighted by molar-refractivity contribution is 7.16. The van der Waals surface area contributed by atoms with E-state index < -0.39 is 0 Å². The molecule has 1 atom stereocenters. The lowest BCUT2D eigenvalue weighted by Crippen LogP contribution is -2.55. The summed E-state index contributed by atoms with van der Waals surface area (Å²) >= 11 is 3.28. The Bertz CT molecular complexity index is 957. The number of carbonyl (C=O) groups excluding carboxylic acids is 2. The highest BCUT2D eigenvalue weighted by Crippen LogP contribution is 2.27. The molecule has 0 saturated carbocycles. The van der Waals surface area contributed by atoms with Crippen molar-refractivity contribution in [1.82, 2.24) is 14.4 Å². The monoisotopic (exact) mass is 401 g/mol.